The van der Waals surface area contributed by atoms with E-state index in [0.29, 0.717) is 0 Å². The van der Waals surface area contributed by atoms with Gasteiger partial charge in [0.15, 0.2) is 11.5 Å². The van der Waals surface area contributed by atoms with Gasteiger partial charge in [0.05, 0.1) is 0 Å². The standard InChI is InChI=1S/C10H11NOS/c1-3-10-11-8-6-7(13-2)4-5-9(8)12-10/h4-6H,3H2,1-2H3. The Morgan fingerprint density at radius 3 is 3.00 bits per heavy atom. The number of oxazole rings is 1. The minimum Gasteiger partial charge on any atom is -0.441 e. The summed E-state index contributed by atoms with van der Waals surface area (Å²) in [5, 5.41) is 0. The Hall–Kier alpha value is -0.960. The molecule has 0 aliphatic carbocycles. The number of hydrogen-bond acceptors (Lipinski definition) is 3. The molecule has 0 unspecified atom stereocenters. The molecular weight excluding hydrogens is 182 g/mol. The molecule has 2 nitrogen and oxygen atoms in total. The molecule has 0 N–H and O–H groups in total. The second-order valence-corrected chi connectivity index (χ2v) is 3.67. The molecule has 0 aliphatic rings. The molecule has 0 saturated carbocycles. The lowest BCUT2D eigenvalue weighted by Crippen LogP contribution is -1.75. The van der Waals surface area contributed by atoms with E-state index in [9.17, 15) is 0 Å². The van der Waals surface area contributed by atoms with Gasteiger partial charge in [0, 0.05) is 11.3 Å². The van der Waals surface area contributed by atoms with E-state index in [2.05, 4.69) is 23.4 Å². The van der Waals surface area contributed by atoms with Gasteiger partial charge in [0.2, 0.25) is 0 Å². The molecule has 0 radical (unpaired) electrons. The summed E-state index contributed by atoms with van der Waals surface area (Å²) in [6.07, 6.45) is 2.91. The molecule has 0 spiro atoms. The molecule has 2 aromatic rings. The van der Waals surface area contributed by atoms with Crippen LogP contribution in [0.5, 0.6) is 0 Å². The second-order valence-electron chi connectivity index (χ2n) is 2.79. The van der Waals surface area contributed by atoms with Crippen molar-refractivity contribution in [2.45, 2.75) is 18.2 Å². The lowest BCUT2D eigenvalue weighted by atomic mass is 10.3. The SMILES string of the molecule is CCc1nc2cc(SC)ccc2o1. The molecule has 13 heavy (non-hydrogen) atoms. The summed E-state index contributed by atoms with van der Waals surface area (Å²) < 4.78 is 5.50. The Labute approximate surface area is 81.3 Å². The van der Waals surface area contributed by atoms with Crippen molar-refractivity contribution >= 4 is 22.9 Å². The highest BCUT2D eigenvalue weighted by molar-refractivity contribution is 7.98. The van der Waals surface area contributed by atoms with Gasteiger partial charge in [-0.3, -0.25) is 0 Å². The van der Waals surface area contributed by atoms with E-state index in [-0.39, 0.29) is 0 Å². The monoisotopic (exact) mass is 193 g/mol. The van der Waals surface area contributed by atoms with Crippen LogP contribution in [0.4, 0.5) is 0 Å². The van der Waals surface area contributed by atoms with Crippen LogP contribution in [0.15, 0.2) is 27.5 Å². The Bertz CT molecular complexity index is 420. The number of rotatable bonds is 2. The van der Waals surface area contributed by atoms with Gasteiger partial charge < -0.3 is 4.42 Å². The number of aryl methyl sites for hydroxylation is 1. The number of hydrogen-bond donors (Lipinski definition) is 0. The van der Waals surface area contributed by atoms with Crippen molar-refractivity contribution in [3.63, 3.8) is 0 Å². The molecule has 2 rings (SSSR count). The van der Waals surface area contributed by atoms with Crippen LogP contribution in [0.25, 0.3) is 11.1 Å². The minimum atomic E-state index is 0.813. The second kappa shape index (κ2) is 3.42. The van der Waals surface area contributed by atoms with Crippen molar-refractivity contribution in [1.82, 2.24) is 4.98 Å². The molecule has 0 amide bonds. The average Bonchev–Trinajstić information content (AvgIpc) is 2.58. The average molecular weight is 193 g/mol. The summed E-state index contributed by atoms with van der Waals surface area (Å²) in [6, 6.07) is 6.09. The molecule has 0 saturated heterocycles. The summed E-state index contributed by atoms with van der Waals surface area (Å²) in [4.78, 5) is 5.59. The Morgan fingerprint density at radius 1 is 1.46 bits per heavy atom. The molecule has 0 atom stereocenters. The van der Waals surface area contributed by atoms with Crippen molar-refractivity contribution < 1.29 is 4.42 Å². The van der Waals surface area contributed by atoms with Crippen LogP contribution in [-0.4, -0.2) is 11.2 Å². The summed E-state index contributed by atoms with van der Waals surface area (Å²) in [5.41, 5.74) is 1.85. The zero-order valence-corrected chi connectivity index (χ0v) is 8.52. The van der Waals surface area contributed by atoms with Crippen LogP contribution in [0.2, 0.25) is 0 Å². The van der Waals surface area contributed by atoms with Crippen molar-refractivity contribution in [3.8, 4) is 0 Å². The van der Waals surface area contributed by atoms with E-state index in [4.69, 9.17) is 4.42 Å². The van der Waals surface area contributed by atoms with E-state index in [1.807, 2.05) is 13.0 Å². The molecule has 3 heteroatoms. The van der Waals surface area contributed by atoms with E-state index < -0.39 is 0 Å². The number of nitrogens with zero attached hydrogens (tertiary/aromatic N) is 1. The molecule has 1 aromatic heterocycles. The molecule has 68 valence electrons. The largest absolute Gasteiger partial charge is 0.441 e. The summed E-state index contributed by atoms with van der Waals surface area (Å²) in [5.74, 6) is 0.813. The first-order chi connectivity index (χ1) is 6.33. The predicted molar refractivity (Wildman–Crippen MR) is 55.2 cm³/mol. The third kappa shape index (κ3) is 1.56. The predicted octanol–water partition coefficient (Wildman–Crippen LogP) is 3.11. The lowest BCUT2D eigenvalue weighted by molar-refractivity contribution is 0.538. The quantitative estimate of drug-likeness (QED) is 0.685. The number of benzene rings is 1. The molecule has 0 bridgehead atoms. The maximum absolute atomic E-state index is 5.50. The minimum absolute atomic E-state index is 0.813. The maximum atomic E-state index is 5.50. The summed E-state index contributed by atoms with van der Waals surface area (Å²) in [7, 11) is 0. The van der Waals surface area contributed by atoms with Gasteiger partial charge in [0.1, 0.15) is 5.52 Å². The number of thioether (sulfide) groups is 1. The highest BCUT2D eigenvalue weighted by Crippen LogP contribution is 2.22. The summed E-state index contributed by atoms with van der Waals surface area (Å²) >= 11 is 1.72. The van der Waals surface area contributed by atoms with Crippen molar-refractivity contribution in [3.05, 3.63) is 24.1 Å². The highest BCUT2D eigenvalue weighted by Gasteiger charge is 2.03. The van der Waals surface area contributed by atoms with E-state index in [1.165, 1.54) is 4.90 Å². The van der Waals surface area contributed by atoms with Gasteiger partial charge in [-0.05, 0) is 24.5 Å². The highest BCUT2D eigenvalue weighted by atomic mass is 32.2. The van der Waals surface area contributed by atoms with Gasteiger partial charge in [-0.1, -0.05) is 6.92 Å². The van der Waals surface area contributed by atoms with Gasteiger partial charge >= 0.3 is 0 Å². The van der Waals surface area contributed by atoms with Gasteiger partial charge in [0.25, 0.3) is 0 Å². The summed E-state index contributed by atoms with van der Waals surface area (Å²) in [6.45, 7) is 2.04. The third-order valence-electron chi connectivity index (χ3n) is 1.94. The van der Waals surface area contributed by atoms with Crippen LogP contribution in [-0.2, 0) is 6.42 Å². The maximum Gasteiger partial charge on any atom is 0.195 e. The topological polar surface area (TPSA) is 26.0 Å². The van der Waals surface area contributed by atoms with Gasteiger partial charge in [-0.2, -0.15) is 0 Å². The number of aromatic nitrogens is 1. The van der Waals surface area contributed by atoms with Gasteiger partial charge in [-0.15, -0.1) is 11.8 Å². The third-order valence-corrected chi connectivity index (χ3v) is 2.67. The molecular formula is C10H11NOS. The Kier molecular flexibility index (Phi) is 2.27. The molecule has 1 heterocycles. The first kappa shape index (κ1) is 8.63. The van der Waals surface area contributed by atoms with Crippen LogP contribution in [0, 0.1) is 0 Å². The van der Waals surface area contributed by atoms with Crippen LogP contribution >= 0.6 is 11.8 Å². The van der Waals surface area contributed by atoms with Crippen molar-refractivity contribution in [2.75, 3.05) is 6.26 Å². The van der Waals surface area contributed by atoms with Crippen LogP contribution in [0.1, 0.15) is 12.8 Å². The van der Waals surface area contributed by atoms with E-state index in [0.717, 1.165) is 23.4 Å². The van der Waals surface area contributed by atoms with E-state index >= 15 is 0 Å². The van der Waals surface area contributed by atoms with Crippen LogP contribution in [0.3, 0.4) is 0 Å². The van der Waals surface area contributed by atoms with Crippen molar-refractivity contribution in [1.29, 1.82) is 0 Å². The Morgan fingerprint density at radius 2 is 2.31 bits per heavy atom. The normalized spacial score (nSPS) is 10.9. The fourth-order valence-electron chi connectivity index (χ4n) is 1.23. The lowest BCUT2D eigenvalue weighted by Gasteiger charge is -1.92. The first-order valence-corrected chi connectivity index (χ1v) is 5.49. The zero-order valence-electron chi connectivity index (χ0n) is 7.70. The molecule has 1 aromatic carbocycles. The van der Waals surface area contributed by atoms with Crippen LogP contribution < -0.4 is 0 Å². The van der Waals surface area contributed by atoms with E-state index in [1.54, 1.807) is 11.8 Å². The number of fused-ring (bicyclic) bond motifs is 1. The Balaban J connectivity index is 2.57. The molecule has 0 fully saturated rings. The fraction of sp³-hybridized carbons (Fsp3) is 0.300. The van der Waals surface area contributed by atoms with Gasteiger partial charge in [-0.25, -0.2) is 4.98 Å². The zero-order chi connectivity index (χ0) is 9.26. The molecule has 0 aliphatic heterocycles. The first-order valence-electron chi connectivity index (χ1n) is 4.27. The fourth-order valence-corrected chi connectivity index (χ4v) is 1.67. The smallest absolute Gasteiger partial charge is 0.195 e. The van der Waals surface area contributed by atoms with Crippen molar-refractivity contribution in [2.24, 2.45) is 0 Å².